The molecule has 0 spiro atoms. The van der Waals surface area contributed by atoms with Gasteiger partial charge < -0.3 is 4.74 Å². The lowest BCUT2D eigenvalue weighted by Crippen LogP contribution is -2.07. The van der Waals surface area contributed by atoms with Crippen molar-refractivity contribution in [1.82, 2.24) is 0 Å². The van der Waals surface area contributed by atoms with Crippen molar-refractivity contribution in [2.75, 3.05) is 13.2 Å². The molecule has 16 heavy (non-hydrogen) atoms. The molecule has 4 heteroatoms. The first-order valence-corrected chi connectivity index (χ1v) is 6.00. The molecule has 0 N–H and O–H groups in total. The summed E-state index contributed by atoms with van der Waals surface area (Å²) in [5.74, 6) is -0.285. The summed E-state index contributed by atoms with van der Waals surface area (Å²) in [7, 11) is 0. The highest BCUT2D eigenvalue weighted by Crippen LogP contribution is 2.05. The number of nitrogens with zero attached hydrogens (tertiary/aromatic N) is 1. The Kier molecular flexibility index (Phi) is 11.1. The van der Waals surface area contributed by atoms with Crippen LogP contribution in [0, 0.1) is 0 Å². The molecule has 4 nitrogen and oxygen atoms in total. The maximum absolute atomic E-state index is 11.0. The number of hydrogen-bond acceptors (Lipinski definition) is 4. The SMILES string of the molecule is CCCCCCCCOC(=O)CCN=C=O. The first kappa shape index (κ1) is 14.8. The van der Waals surface area contributed by atoms with Gasteiger partial charge in [0, 0.05) is 0 Å². The lowest BCUT2D eigenvalue weighted by molar-refractivity contribution is -0.143. The molecule has 0 aliphatic rings. The molecule has 0 heterocycles. The summed E-state index contributed by atoms with van der Waals surface area (Å²) < 4.78 is 4.97. The molecule has 0 amide bonds. The molecule has 0 aliphatic carbocycles. The number of rotatable bonds is 10. The van der Waals surface area contributed by atoms with Gasteiger partial charge in [0.25, 0.3) is 0 Å². The summed E-state index contributed by atoms with van der Waals surface area (Å²) in [6.45, 7) is 2.85. The Morgan fingerprint density at radius 2 is 1.88 bits per heavy atom. The van der Waals surface area contributed by atoms with E-state index in [9.17, 15) is 9.59 Å². The largest absolute Gasteiger partial charge is 0.466 e. The molecule has 0 fully saturated rings. The number of unbranched alkanes of at least 4 members (excludes halogenated alkanes) is 5. The number of esters is 1. The number of carbonyl (C=O) groups is 1. The van der Waals surface area contributed by atoms with Gasteiger partial charge in [-0.15, -0.1) is 0 Å². The van der Waals surface area contributed by atoms with Gasteiger partial charge >= 0.3 is 5.97 Å². The monoisotopic (exact) mass is 227 g/mol. The van der Waals surface area contributed by atoms with Crippen molar-refractivity contribution in [2.24, 2.45) is 4.99 Å². The van der Waals surface area contributed by atoms with Crippen molar-refractivity contribution in [2.45, 2.75) is 51.9 Å². The van der Waals surface area contributed by atoms with E-state index in [0.717, 1.165) is 12.8 Å². The van der Waals surface area contributed by atoms with Crippen molar-refractivity contribution in [1.29, 1.82) is 0 Å². The number of aliphatic imine (C=N–C) groups is 1. The minimum Gasteiger partial charge on any atom is -0.466 e. The molecule has 0 unspecified atom stereocenters. The van der Waals surface area contributed by atoms with Gasteiger partial charge in [0.1, 0.15) is 0 Å². The number of ether oxygens (including phenoxy) is 1. The maximum atomic E-state index is 11.0. The molecule has 0 saturated carbocycles. The van der Waals surface area contributed by atoms with Crippen molar-refractivity contribution in [3.05, 3.63) is 0 Å². The molecule has 0 aliphatic heterocycles. The van der Waals surface area contributed by atoms with Crippen LogP contribution >= 0.6 is 0 Å². The topological polar surface area (TPSA) is 55.7 Å². The van der Waals surface area contributed by atoms with E-state index in [0.29, 0.717) is 6.61 Å². The van der Waals surface area contributed by atoms with E-state index < -0.39 is 0 Å². The highest BCUT2D eigenvalue weighted by molar-refractivity contribution is 5.69. The number of hydrogen-bond donors (Lipinski definition) is 0. The Morgan fingerprint density at radius 1 is 1.19 bits per heavy atom. The standard InChI is InChI=1S/C12H21NO3/c1-2-3-4-5-6-7-10-16-12(15)8-9-13-11-14/h2-10H2,1H3. The maximum Gasteiger partial charge on any atom is 0.307 e. The van der Waals surface area contributed by atoms with Gasteiger partial charge in [0.15, 0.2) is 0 Å². The van der Waals surface area contributed by atoms with Gasteiger partial charge in [-0.1, -0.05) is 39.0 Å². The quantitative estimate of drug-likeness (QED) is 0.249. The van der Waals surface area contributed by atoms with E-state index in [1.165, 1.54) is 31.8 Å². The number of isocyanates is 1. The Hall–Kier alpha value is -1.15. The van der Waals surface area contributed by atoms with E-state index in [4.69, 9.17) is 4.74 Å². The van der Waals surface area contributed by atoms with E-state index in [2.05, 4.69) is 11.9 Å². The summed E-state index contributed by atoms with van der Waals surface area (Å²) in [5.41, 5.74) is 0. The molecule has 0 radical (unpaired) electrons. The van der Waals surface area contributed by atoms with Crippen LogP contribution in [0.25, 0.3) is 0 Å². The minimum absolute atomic E-state index is 0.172. The van der Waals surface area contributed by atoms with Crippen LogP contribution in [0.2, 0.25) is 0 Å². The molecule has 0 atom stereocenters. The third-order valence-electron chi connectivity index (χ3n) is 2.25. The van der Waals surface area contributed by atoms with Crippen LogP contribution in [-0.2, 0) is 14.3 Å². The molecule has 0 aromatic rings. The third-order valence-corrected chi connectivity index (χ3v) is 2.25. The van der Waals surface area contributed by atoms with E-state index in [1.807, 2.05) is 0 Å². The normalized spacial score (nSPS) is 9.56. The molecular formula is C12H21NO3. The van der Waals surface area contributed by atoms with Crippen LogP contribution in [0.15, 0.2) is 4.99 Å². The van der Waals surface area contributed by atoms with E-state index >= 15 is 0 Å². The zero-order valence-corrected chi connectivity index (χ0v) is 10.0. The Bertz CT molecular complexity index is 222. The van der Waals surface area contributed by atoms with Crippen LogP contribution in [0.1, 0.15) is 51.9 Å². The fraction of sp³-hybridized carbons (Fsp3) is 0.833. The molecule has 0 bridgehead atoms. The average molecular weight is 227 g/mol. The number of carbonyl (C=O) groups excluding carboxylic acids is 2. The highest BCUT2D eigenvalue weighted by atomic mass is 16.5. The van der Waals surface area contributed by atoms with Crippen LogP contribution < -0.4 is 0 Å². The van der Waals surface area contributed by atoms with Crippen molar-refractivity contribution in [3.8, 4) is 0 Å². The molecule has 0 saturated heterocycles. The van der Waals surface area contributed by atoms with Gasteiger partial charge in [-0.2, -0.15) is 0 Å². The van der Waals surface area contributed by atoms with Crippen LogP contribution in [0.4, 0.5) is 0 Å². The summed E-state index contributed by atoms with van der Waals surface area (Å²) in [4.78, 5) is 24.1. The van der Waals surface area contributed by atoms with Crippen LogP contribution in [-0.4, -0.2) is 25.2 Å². The van der Waals surface area contributed by atoms with Crippen molar-refractivity contribution in [3.63, 3.8) is 0 Å². The molecular weight excluding hydrogens is 206 g/mol. The Morgan fingerprint density at radius 3 is 2.56 bits per heavy atom. The lowest BCUT2D eigenvalue weighted by Gasteiger charge is -2.03. The zero-order chi connectivity index (χ0) is 12.1. The van der Waals surface area contributed by atoms with Gasteiger partial charge in [-0.05, 0) is 6.42 Å². The second-order valence-corrected chi connectivity index (χ2v) is 3.71. The smallest absolute Gasteiger partial charge is 0.307 e. The van der Waals surface area contributed by atoms with Gasteiger partial charge in [-0.25, -0.2) is 9.79 Å². The molecule has 0 aromatic heterocycles. The van der Waals surface area contributed by atoms with Gasteiger partial charge in [0.2, 0.25) is 6.08 Å². The highest BCUT2D eigenvalue weighted by Gasteiger charge is 2.00. The van der Waals surface area contributed by atoms with Crippen LogP contribution in [0.5, 0.6) is 0 Å². The van der Waals surface area contributed by atoms with E-state index in [1.54, 1.807) is 0 Å². The second-order valence-electron chi connectivity index (χ2n) is 3.71. The fourth-order valence-electron chi connectivity index (χ4n) is 1.33. The summed E-state index contributed by atoms with van der Waals surface area (Å²) in [6, 6.07) is 0. The fourth-order valence-corrected chi connectivity index (χ4v) is 1.33. The lowest BCUT2D eigenvalue weighted by atomic mass is 10.1. The third kappa shape index (κ3) is 10.9. The van der Waals surface area contributed by atoms with Gasteiger partial charge in [0.05, 0.1) is 19.6 Å². The first-order chi connectivity index (χ1) is 7.81. The Labute approximate surface area is 97.1 Å². The van der Waals surface area contributed by atoms with E-state index in [-0.39, 0.29) is 18.9 Å². The first-order valence-electron chi connectivity index (χ1n) is 6.00. The summed E-state index contributed by atoms with van der Waals surface area (Å²) in [5, 5.41) is 0. The molecule has 0 aromatic carbocycles. The van der Waals surface area contributed by atoms with Crippen molar-refractivity contribution < 1.29 is 14.3 Å². The van der Waals surface area contributed by atoms with Crippen molar-refractivity contribution >= 4 is 12.0 Å². The van der Waals surface area contributed by atoms with Gasteiger partial charge in [-0.3, -0.25) is 4.79 Å². The molecule has 0 rings (SSSR count). The minimum atomic E-state index is -0.285. The summed E-state index contributed by atoms with van der Waals surface area (Å²) >= 11 is 0. The molecule has 92 valence electrons. The zero-order valence-electron chi connectivity index (χ0n) is 10.0. The predicted molar refractivity (Wildman–Crippen MR) is 61.9 cm³/mol. The second kappa shape index (κ2) is 11.9. The average Bonchev–Trinajstić information content (AvgIpc) is 2.28. The van der Waals surface area contributed by atoms with Crippen LogP contribution in [0.3, 0.4) is 0 Å². The summed E-state index contributed by atoms with van der Waals surface area (Å²) in [6.07, 6.45) is 8.59. The predicted octanol–water partition coefficient (Wildman–Crippen LogP) is 2.62. The Balaban J connectivity index is 3.18.